The Balaban J connectivity index is 3.25. The molecule has 17 heteroatoms. The van der Waals surface area contributed by atoms with Crippen LogP contribution in [0.4, 0.5) is 0 Å². The molecule has 0 aliphatic heterocycles. The minimum Gasteiger partial charge on any atom is -0.480 e. The van der Waals surface area contributed by atoms with Crippen LogP contribution in [0.2, 0.25) is 0 Å². The van der Waals surface area contributed by atoms with Gasteiger partial charge in [-0.25, -0.2) is 4.79 Å². The number of amides is 4. The zero-order valence-corrected chi connectivity index (χ0v) is 29.6. The molecule has 1 aromatic carbocycles. The third kappa shape index (κ3) is 18.0. The molecule has 0 spiro atoms. The lowest BCUT2D eigenvalue weighted by Gasteiger charge is -2.27. The van der Waals surface area contributed by atoms with Crippen LogP contribution in [0, 0.1) is 11.8 Å². The van der Waals surface area contributed by atoms with Gasteiger partial charge in [0, 0.05) is 19.5 Å². The Labute approximate surface area is 294 Å². The molecule has 4 amide bonds. The molecule has 1 rings (SSSR count). The normalized spacial score (nSPS) is 14.0. The summed E-state index contributed by atoms with van der Waals surface area (Å²) in [7, 11) is 0. The average Bonchev–Trinajstić information content (AvgIpc) is 3.02. The van der Waals surface area contributed by atoms with Gasteiger partial charge in [-0.1, -0.05) is 58.0 Å². The number of nitrogens with one attached hydrogen (secondary N) is 4. The third-order valence-electron chi connectivity index (χ3n) is 7.46. The number of guanidine groups is 2. The maximum Gasteiger partial charge on any atom is 0.326 e. The summed E-state index contributed by atoms with van der Waals surface area (Å²) in [5.74, 6) is -4.01. The number of rotatable bonds is 23. The maximum absolute atomic E-state index is 13.7. The fourth-order valence-corrected chi connectivity index (χ4v) is 5.01. The van der Waals surface area contributed by atoms with Crippen molar-refractivity contribution in [3.05, 3.63) is 35.9 Å². The molecule has 15 N–H and O–H groups in total. The minimum absolute atomic E-state index is 0.0136. The number of hydrogen-bond acceptors (Lipinski definition) is 8. The number of aliphatic carboxylic acids is 1. The molecule has 5 unspecified atom stereocenters. The lowest BCUT2D eigenvalue weighted by atomic mass is 10.00. The van der Waals surface area contributed by atoms with Crippen molar-refractivity contribution in [3.63, 3.8) is 0 Å². The van der Waals surface area contributed by atoms with Crippen LogP contribution in [-0.2, 0) is 30.4 Å². The van der Waals surface area contributed by atoms with Crippen LogP contribution >= 0.6 is 0 Å². The van der Waals surface area contributed by atoms with Crippen LogP contribution in [0.5, 0.6) is 0 Å². The van der Waals surface area contributed by atoms with Crippen molar-refractivity contribution in [2.75, 3.05) is 13.1 Å². The monoisotopic (exact) mass is 703 g/mol. The SMILES string of the molecule is CC(C)CC(N)C(=O)NC(CCCN=C(N)N)C(=O)NC(CC(C)C)C(=O)NC(CCCN=C(N)N)C(=O)NC(Cc1ccccc1)C(=O)O. The number of carboxylic acids is 1. The van der Waals surface area contributed by atoms with E-state index in [0.29, 0.717) is 18.4 Å². The Bertz CT molecular complexity index is 1300. The van der Waals surface area contributed by atoms with E-state index in [0.717, 1.165) is 0 Å². The quantitative estimate of drug-likeness (QED) is 0.0366. The Morgan fingerprint density at radius 2 is 1.06 bits per heavy atom. The molecule has 0 saturated carbocycles. The number of carbonyl (C=O) groups is 5. The number of nitrogens with two attached hydrogens (primary N) is 5. The van der Waals surface area contributed by atoms with Crippen LogP contribution in [0.25, 0.3) is 0 Å². The molecule has 0 aliphatic rings. The molecule has 17 nitrogen and oxygen atoms in total. The van der Waals surface area contributed by atoms with Crippen LogP contribution in [0.15, 0.2) is 40.3 Å². The highest BCUT2D eigenvalue weighted by Crippen LogP contribution is 2.11. The fraction of sp³-hybridized carbons (Fsp3) is 0.606. The van der Waals surface area contributed by atoms with Gasteiger partial charge >= 0.3 is 5.97 Å². The van der Waals surface area contributed by atoms with Crippen molar-refractivity contribution in [3.8, 4) is 0 Å². The Morgan fingerprint density at radius 3 is 1.50 bits per heavy atom. The summed E-state index contributed by atoms with van der Waals surface area (Å²) in [6, 6.07) is 3.28. The fourth-order valence-electron chi connectivity index (χ4n) is 5.01. The summed E-state index contributed by atoms with van der Waals surface area (Å²) in [6.07, 6.45) is 1.41. The van der Waals surface area contributed by atoms with E-state index >= 15 is 0 Å². The van der Waals surface area contributed by atoms with E-state index in [4.69, 9.17) is 28.7 Å². The average molecular weight is 704 g/mol. The van der Waals surface area contributed by atoms with Crippen molar-refractivity contribution in [2.24, 2.45) is 50.5 Å². The number of benzene rings is 1. The van der Waals surface area contributed by atoms with Gasteiger partial charge in [-0.2, -0.15) is 0 Å². The molecule has 0 fully saturated rings. The molecule has 0 saturated heterocycles. The van der Waals surface area contributed by atoms with E-state index in [1.54, 1.807) is 30.3 Å². The summed E-state index contributed by atoms with van der Waals surface area (Å²) >= 11 is 0. The predicted molar refractivity (Wildman–Crippen MR) is 192 cm³/mol. The predicted octanol–water partition coefficient (Wildman–Crippen LogP) is -1.22. The van der Waals surface area contributed by atoms with Crippen molar-refractivity contribution in [1.82, 2.24) is 21.3 Å². The highest BCUT2D eigenvalue weighted by atomic mass is 16.4. The topological polar surface area (TPSA) is 309 Å². The van der Waals surface area contributed by atoms with E-state index in [1.165, 1.54) is 0 Å². The lowest BCUT2D eigenvalue weighted by molar-refractivity contribution is -0.142. The first kappa shape index (κ1) is 43.1. The summed E-state index contributed by atoms with van der Waals surface area (Å²) in [5.41, 5.74) is 28.4. The van der Waals surface area contributed by atoms with Crippen LogP contribution in [0.1, 0.15) is 71.8 Å². The number of hydrogen-bond donors (Lipinski definition) is 10. The van der Waals surface area contributed by atoms with E-state index in [1.807, 2.05) is 27.7 Å². The zero-order valence-electron chi connectivity index (χ0n) is 29.6. The summed E-state index contributed by atoms with van der Waals surface area (Å²) in [4.78, 5) is 73.7. The summed E-state index contributed by atoms with van der Waals surface area (Å²) < 4.78 is 0. The van der Waals surface area contributed by atoms with Gasteiger partial charge in [0.05, 0.1) is 6.04 Å². The van der Waals surface area contributed by atoms with E-state index < -0.39 is 59.8 Å². The molecular formula is C33H57N11O6. The van der Waals surface area contributed by atoms with E-state index in [-0.39, 0.29) is 68.9 Å². The Hall–Kier alpha value is -4.93. The molecule has 5 atom stereocenters. The third-order valence-corrected chi connectivity index (χ3v) is 7.46. The molecular weight excluding hydrogens is 646 g/mol. The molecule has 50 heavy (non-hydrogen) atoms. The summed E-state index contributed by atoms with van der Waals surface area (Å²) in [6.45, 7) is 7.90. The molecule has 0 aliphatic carbocycles. The number of nitrogens with zero attached hydrogens (tertiary/aromatic N) is 2. The first-order chi connectivity index (χ1) is 23.5. The number of aliphatic imine (C=N–C) groups is 2. The molecule has 280 valence electrons. The van der Waals surface area contributed by atoms with E-state index in [2.05, 4.69) is 31.3 Å². The van der Waals surface area contributed by atoms with E-state index in [9.17, 15) is 29.1 Å². The second kappa shape index (κ2) is 22.7. The second-order valence-electron chi connectivity index (χ2n) is 13.0. The molecule has 0 radical (unpaired) electrons. The van der Waals surface area contributed by atoms with Crippen molar-refractivity contribution < 1.29 is 29.1 Å². The largest absolute Gasteiger partial charge is 0.480 e. The number of carboxylic acid groups (broad SMARTS) is 1. The summed E-state index contributed by atoms with van der Waals surface area (Å²) in [5, 5.41) is 20.5. The van der Waals surface area contributed by atoms with Crippen molar-refractivity contribution in [2.45, 2.75) is 103 Å². The highest BCUT2D eigenvalue weighted by Gasteiger charge is 2.32. The zero-order chi connectivity index (χ0) is 37.8. The molecule has 0 aromatic heterocycles. The molecule has 0 bridgehead atoms. The van der Waals surface area contributed by atoms with Crippen LogP contribution in [0.3, 0.4) is 0 Å². The van der Waals surface area contributed by atoms with Gasteiger partial charge in [-0.15, -0.1) is 0 Å². The van der Waals surface area contributed by atoms with Gasteiger partial charge in [0.2, 0.25) is 23.6 Å². The standard InChI is InChI=1S/C33H57N11O6/c1-19(2)16-22(34)27(45)41-23(12-8-14-39-32(35)36)28(46)43-25(17-20(3)4)30(48)42-24(13-9-15-40-33(37)38)29(47)44-26(31(49)50)18-21-10-6-5-7-11-21/h5-7,10-11,19-20,22-26H,8-9,12-18,34H2,1-4H3,(H,41,45)(H,42,48)(H,43,46)(H,44,47)(H,49,50)(H4,35,36,39)(H4,37,38,40). The maximum atomic E-state index is 13.7. The molecule has 0 heterocycles. The van der Waals surface area contributed by atoms with Gasteiger partial charge in [0.15, 0.2) is 11.9 Å². The van der Waals surface area contributed by atoms with Gasteiger partial charge in [0.25, 0.3) is 0 Å². The van der Waals surface area contributed by atoms with Crippen molar-refractivity contribution >= 4 is 41.5 Å². The smallest absolute Gasteiger partial charge is 0.326 e. The Morgan fingerprint density at radius 1 is 0.640 bits per heavy atom. The lowest BCUT2D eigenvalue weighted by Crippen LogP contribution is -2.58. The van der Waals surface area contributed by atoms with Crippen LogP contribution in [-0.4, -0.2) is 89.9 Å². The van der Waals surface area contributed by atoms with Gasteiger partial charge in [-0.3, -0.25) is 29.2 Å². The van der Waals surface area contributed by atoms with Gasteiger partial charge in [0.1, 0.15) is 24.2 Å². The first-order valence-electron chi connectivity index (χ1n) is 16.8. The minimum atomic E-state index is -1.28. The number of carbonyl (C=O) groups excluding carboxylic acids is 4. The van der Waals surface area contributed by atoms with Gasteiger partial charge < -0.3 is 55.0 Å². The second-order valence-corrected chi connectivity index (χ2v) is 13.0. The van der Waals surface area contributed by atoms with Crippen LogP contribution < -0.4 is 49.9 Å². The highest BCUT2D eigenvalue weighted by molar-refractivity contribution is 5.95. The van der Waals surface area contributed by atoms with Gasteiger partial charge in [-0.05, 0) is 55.9 Å². The Kier molecular flexibility index (Phi) is 19.5. The van der Waals surface area contributed by atoms with Crippen molar-refractivity contribution in [1.29, 1.82) is 0 Å². The molecule has 1 aromatic rings. The first-order valence-corrected chi connectivity index (χ1v) is 16.8.